The van der Waals surface area contributed by atoms with Gasteiger partial charge in [-0.1, -0.05) is 34.1 Å². The van der Waals surface area contributed by atoms with Crippen molar-refractivity contribution in [3.63, 3.8) is 0 Å². The topological polar surface area (TPSA) is 69.4 Å². The molecule has 0 fully saturated rings. The largest absolute Gasteiger partial charge is 0.478 e. The Bertz CT molecular complexity index is 700. The van der Waals surface area contributed by atoms with Gasteiger partial charge in [0.15, 0.2) is 18.1 Å². The average Bonchev–Trinajstić information content (AvgIpc) is 2.44. The van der Waals surface area contributed by atoms with Crippen molar-refractivity contribution in [3.8, 4) is 5.75 Å². The highest BCUT2D eigenvalue weighted by atomic mass is 79.9. The summed E-state index contributed by atoms with van der Waals surface area (Å²) in [7, 11) is 0. The number of Topliss-reactive ketones (excluding diaryl/α,β-unsaturated/α-hetero) is 1. The van der Waals surface area contributed by atoms with Gasteiger partial charge in [-0.15, -0.1) is 0 Å². The van der Waals surface area contributed by atoms with Crippen LogP contribution in [0.1, 0.15) is 15.9 Å². The van der Waals surface area contributed by atoms with Crippen LogP contribution in [-0.2, 0) is 0 Å². The molecule has 0 aromatic heterocycles. The summed E-state index contributed by atoms with van der Waals surface area (Å²) in [6.45, 7) is 1.55. The molecule has 0 radical (unpaired) electrons. The molecule has 0 atom stereocenters. The summed E-state index contributed by atoms with van der Waals surface area (Å²) in [5, 5.41) is 10.9. The lowest BCUT2D eigenvalue weighted by atomic mass is 10.1. The summed E-state index contributed by atoms with van der Waals surface area (Å²) >= 11 is 3.28. The first-order chi connectivity index (χ1) is 9.97. The molecule has 0 aliphatic heterocycles. The number of benzene rings is 2. The Hall–Kier alpha value is -2.21. The molecule has 0 aliphatic carbocycles. The molecular weight excluding hydrogens is 338 g/mol. The molecule has 5 nitrogen and oxygen atoms in total. The van der Waals surface area contributed by atoms with E-state index in [1.165, 1.54) is 6.07 Å². The summed E-state index contributed by atoms with van der Waals surface area (Å²) < 4.78 is 6.12. The Morgan fingerprint density at radius 1 is 1.29 bits per heavy atom. The highest BCUT2D eigenvalue weighted by molar-refractivity contribution is 9.10. The molecule has 0 unspecified atom stereocenters. The van der Waals surface area contributed by atoms with Crippen LogP contribution in [0.4, 0.5) is 5.69 Å². The van der Waals surface area contributed by atoms with Crippen LogP contribution in [0.3, 0.4) is 0 Å². The van der Waals surface area contributed by atoms with Crippen molar-refractivity contribution in [1.82, 2.24) is 0 Å². The molecule has 21 heavy (non-hydrogen) atoms. The quantitative estimate of drug-likeness (QED) is 0.465. The maximum absolute atomic E-state index is 12.0. The van der Waals surface area contributed by atoms with Gasteiger partial charge < -0.3 is 4.74 Å². The summed E-state index contributed by atoms with van der Waals surface area (Å²) in [6, 6.07) is 11.4. The minimum atomic E-state index is -0.529. The van der Waals surface area contributed by atoms with Gasteiger partial charge in [-0.05, 0) is 30.7 Å². The Morgan fingerprint density at radius 2 is 2.05 bits per heavy atom. The predicted molar refractivity (Wildman–Crippen MR) is 81.8 cm³/mol. The summed E-state index contributed by atoms with van der Waals surface area (Å²) in [5.74, 6) is -0.143. The van der Waals surface area contributed by atoms with E-state index in [1.54, 1.807) is 37.3 Å². The molecule has 0 aliphatic rings. The lowest BCUT2D eigenvalue weighted by Crippen LogP contribution is -2.12. The number of nitro benzene ring substituents is 1. The number of carbonyl (C=O) groups excluding carboxylic acids is 1. The summed E-state index contributed by atoms with van der Waals surface area (Å²) in [6.07, 6.45) is 0. The van der Waals surface area contributed by atoms with E-state index < -0.39 is 4.92 Å². The maximum atomic E-state index is 12.0. The smallest absolute Gasteiger partial charge is 0.310 e. The van der Waals surface area contributed by atoms with Crippen LogP contribution in [-0.4, -0.2) is 17.3 Å². The number of halogens is 1. The van der Waals surface area contributed by atoms with E-state index in [0.717, 1.165) is 10.0 Å². The Balaban J connectivity index is 2.14. The third-order valence-electron chi connectivity index (χ3n) is 2.82. The van der Waals surface area contributed by atoms with Gasteiger partial charge in [-0.25, -0.2) is 0 Å². The molecule has 2 aromatic rings. The monoisotopic (exact) mass is 349 g/mol. The summed E-state index contributed by atoms with van der Waals surface area (Å²) in [4.78, 5) is 22.4. The van der Waals surface area contributed by atoms with Crippen molar-refractivity contribution in [2.24, 2.45) is 0 Å². The van der Waals surface area contributed by atoms with Crippen molar-refractivity contribution in [2.45, 2.75) is 6.92 Å². The Kier molecular flexibility index (Phi) is 4.70. The third-order valence-corrected chi connectivity index (χ3v) is 3.31. The van der Waals surface area contributed by atoms with Crippen LogP contribution in [0.15, 0.2) is 46.9 Å². The second-order valence-electron chi connectivity index (χ2n) is 4.45. The van der Waals surface area contributed by atoms with Crippen molar-refractivity contribution in [3.05, 3.63) is 68.2 Å². The maximum Gasteiger partial charge on any atom is 0.310 e. The SMILES string of the molecule is Cc1ccc([N+](=O)[O-])c(OCC(=O)c2cccc(Br)c2)c1. The van der Waals surface area contributed by atoms with Gasteiger partial charge in [-0.3, -0.25) is 14.9 Å². The number of hydrogen-bond donors (Lipinski definition) is 0. The number of ether oxygens (including phenoxy) is 1. The van der Waals surface area contributed by atoms with Crippen molar-refractivity contribution in [1.29, 1.82) is 0 Å². The number of aryl methyl sites for hydroxylation is 1. The minimum Gasteiger partial charge on any atom is -0.478 e. The van der Waals surface area contributed by atoms with E-state index in [4.69, 9.17) is 4.74 Å². The molecule has 108 valence electrons. The van der Waals surface area contributed by atoms with E-state index in [9.17, 15) is 14.9 Å². The molecule has 0 heterocycles. The highest BCUT2D eigenvalue weighted by Crippen LogP contribution is 2.27. The van der Waals surface area contributed by atoms with Gasteiger partial charge in [0, 0.05) is 16.1 Å². The molecular formula is C15H12BrNO4. The standard InChI is InChI=1S/C15H12BrNO4/c1-10-5-6-13(17(19)20)15(7-10)21-9-14(18)11-3-2-4-12(16)8-11/h2-8H,9H2,1H3. The molecule has 0 spiro atoms. The van der Waals surface area contributed by atoms with E-state index in [2.05, 4.69) is 15.9 Å². The number of hydrogen-bond acceptors (Lipinski definition) is 4. The molecule has 0 bridgehead atoms. The van der Waals surface area contributed by atoms with Gasteiger partial charge in [0.05, 0.1) is 4.92 Å². The molecule has 2 aromatic carbocycles. The first kappa shape index (κ1) is 15.2. The zero-order chi connectivity index (χ0) is 15.4. The van der Waals surface area contributed by atoms with Crippen molar-refractivity contribution < 1.29 is 14.5 Å². The van der Waals surface area contributed by atoms with Gasteiger partial charge in [0.25, 0.3) is 0 Å². The zero-order valence-corrected chi connectivity index (χ0v) is 12.8. The Morgan fingerprint density at radius 3 is 2.71 bits per heavy atom. The van der Waals surface area contributed by atoms with Crippen LogP contribution in [0, 0.1) is 17.0 Å². The first-order valence-corrected chi connectivity index (χ1v) is 6.93. The van der Waals surface area contributed by atoms with Crippen LogP contribution >= 0.6 is 15.9 Å². The van der Waals surface area contributed by atoms with Crippen LogP contribution < -0.4 is 4.74 Å². The fourth-order valence-electron chi connectivity index (χ4n) is 1.78. The number of ketones is 1. The molecule has 0 amide bonds. The fourth-order valence-corrected chi connectivity index (χ4v) is 2.18. The lowest BCUT2D eigenvalue weighted by molar-refractivity contribution is -0.385. The molecule has 6 heteroatoms. The minimum absolute atomic E-state index is 0.100. The first-order valence-electron chi connectivity index (χ1n) is 6.14. The van der Waals surface area contributed by atoms with E-state index in [1.807, 2.05) is 6.07 Å². The van der Waals surface area contributed by atoms with Crippen LogP contribution in [0.5, 0.6) is 5.75 Å². The molecule has 0 N–H and O–H groups in total. The van der Waals surface area contributed by atoms with E-state index >= 15 is 0 Å². The highest BCUT2D eigenvalue weighted by Gasteiger charge is 2.16. The van der Waals surface area contributed by atoms with Crippen LogP contribution in [0.25, 0.3) is 0 Å². The predicted octanol–water partition coefficient (Wildman–Crippen LogP) is 3.93. The second-order valence-corrected chi connectivity index (χ2v) is 5.37. The summed E-state index contributed by atoms with van der Waals surface area (Å²) in [5.41, 5.74) is 1.16. The number of rotatable bonds is 5. The van der Waals surface area contributed by atoms with Crippen molar-refractivity contribution in [2.75, 3.05) is 6.61 Å². The van der Waals surface area contributed by atoms with Gasteiger partial charge in [0.1, 0.15) is 0 Å². The number of nitro groups is 1. The second kappa shape index (κ2) is 6.49. The Labute approximate surface area is 129 Å². The van der Waals surface area contributed by atoms with Gasteiger partial charge in [-0.2, -0.15) is 0 Å². The lowest BCUT2D eigenvalue weighted by Gasteiger charge is -2.07. The van der Waals surface area contributed by atoms with Crippen LogP contribution in [0.2, 0.25) is 0 Å². The zero-order valence-electron chi connectivity index (χ0n) is 11.2. The number of nitrogens with zero attached hydrogens (tertiary/aromatic N) is 1. The molecule has 2 rings (SSSR count). The van der Waals surface area contributed by atoms with Gasteiger partial charge >= 0.3 is 5.69 Å². The van der Waals surface area contributed by atoms with E-state index in [-0.39, 0.29) is 23.8 Å². The fraction of sp³-hybridized carbons (Fsp3) is 0.133. The number of carbonyl (C=O) groups is 1. The van der Waals surface area contributed by atoms with E-state index in [0.29, 0.717) is 5.56 Å². The van der Waals surface area contributed by atoms with Crippen molar-refractivity contribution >= 4 is 27.4 Å². The normalized spacial score (nSPS) is 10.2. The third kappa shape index (κ3) is 3.88. The van der Waals surface area contributed by atoms with Gasteiger partial charge in [0.2, 0.25) is 0 Å². The molecule has 0 saturated carbocycles. The molecule has 0 saturated heterocycles. The average molecular weight is 350 g/mol.